The lowest BCUT2D eigenvalue weighted by molar-refractivity contribution is 0.1000. The van der Waals surface area contributed by atoms with Gasteiger partial charge in [-0.05, 0) is 56.2 Å². The summed E-state index contributed by atoms with van der Waals surface area (Å²) in [7, 11) is 0. The van der Waals surface area contributed by atoms with E-state index in [9.17, 15) is 4.79 Å². The molecule has 0 radical (unpaired) electrons. The monoisotopic (exact) mass is 400 g/mol. The Morgan fingerprint density at radius 1 is 1.07 bits per heavy atom. The Labute approximate surface area is 179 Å². The Kier molecular flexibility index (Phi) is 5.80. The van der Waals surface area contributed by atoms with E-state index < -0.39 is 0 Å². The second-order valence-electron chi connectivity index (χ2n) is 8.59. The molecule has 0 saturated carbocycles. The van der Waals surface area contributed by atoms with E-state index in [1.165, 1.54) is 35.2 Å². The number of rotatable bonds is 7. The molecule has 3 aromatic rings. The number of carbonyl (C=O) groups is 1. The molecule has 0 fully saturated rings. The first kappa shape index (κ1) is 20.5. The smallest absolute Gasteiger partial charge is 0.251 e. The zero-order chi connectivity index (χ0) is 21.3. The van der Waals surface area contributed by atoms with Gasteiger partial charge in [0.2, 0.25) is 0 Å². The van der Waals surface area contributed by atoms with Crippen molar-refractivity contribution in [2.24, 2.45) is 5.73 Å². The van der Waals surface area contributed by atoms with Crippen LogP contribution in [-0.4, -0.2) is 10.5 Å². The summed E-state index contributed by atoms with van der Waals surface area (Å²) >= 11 is 0. The molecule has 2 aromatic carbocycles. The normalized spacial score (nSPS) is 15.4. The van der Waals surface area contributed by atoms with Crippen LogP contribution in [0.2, 0.25) is 0 Å². The van der Waals surface area contributed by atoms with Crippen molar-refractivity contribution < 1.29 is 4.79 Å². The molecule has 0 bridgehead atoms. The van der Waals surface area contributed by atoms with Crippen molar-refractivity contribution in [1.29, 1.82) is 0 Å². The summed E-state index contributed by atoms with van der Waals surface area (Å²) in [5.74, 6) is -0.329. The van der Waals surface area contributed by atoms with E-state index >= 15 is 0 Å². The Bertz CT molecular complexity index is 1060. The van der Waals surface area contributed by atoms with Gasteiger partial charge in [-0.15, -0.1) is 0 Å². The molecular formula is C27H32N2O. The number of amides is 1. The number of primary amides is 1. The highest BCUT2D eigenvalue weighted by Crippen LogP contribution is 2.42. The van der Waals surface area contributed by atoms with Crippen LogP contribution in [0, 0.1) is 13.8 Å². The quantitative estimate of drug-likeness (QED) is 0.476. The van der Waals surface area contributed by atoms with Gasteiger partial charge in [0.1, 0.15) is 0 Å². The lowest BCUT2D eigenvalue weighted by Crippen LogP contribution is -2.15. The lowest BCUT2D eigenvalue weighted by atomic mass is 9.96. The predicted octanol–water partition coefficient (Wildman–Crippen LogP) is 6.14. The topological polar surface area (TPSA) is 48.0 Å². The number of carbonyl (C=O) groups excluding carboxylic acids is 1. The standard InChI is InChI=1S/C27H32N2O/c1-4-5-6-11-24-26(21-14-12-18(2)13-15-21)25(27(28)30)19(3)29(24)23-17-16-20-9-7-8-10-22(20)23/h7-10,12-15,23H,4-6,11,16-17H2,1-3H3,(H2,28,30). The molecule has 2 N–H and O–H groups in total. The molecule has 1 atom stereocenters. The Morgan fingerprint density at radius 2 is 1.80 bits per heavy atom. The van der Waals surface area contributed by atoms with E-state index in [0.29, 0.717) is 5.56 Å². The van der Waals surface area contributed by atoms with Gasteiger partial charge in [0.15, 0.2) is 0 Å². The van der Waals surface area contributed by atoms with Crippen LogP contribution in [0.3, 0.4) is 0 Å². The van der Waals surface area contributed by atoms with Gasteiger partial charge in [0, 0.05) is 17.0 Å². The van der Waals surface area contributed by atoms with Gasteiger partial charge in [-0.3, -0.25) is 4.79 Å². The fourth-order valence-electron chi connectivity index (χ4n) is 5.11. The van der Waals surface area contributed by atoms with Crippen LogP contribution < -0.4 is 5.73 Å². The molecule has 4 rings (SSSR count). The van der Waals surface area contributed by atoms with Gasteiger partial charge in [0.05, 0.1) is 11.6 Å². The van der Waals surface area contributed by atoms with Gasteiger partial charge in [-0.25, -0.2) is 0 Å². The molecule has 1 heterocycles. The number of aromatic nitrogens is 1. The average molecular weight is 401 g/mol. The molecule has 1 unspecified atom stereocenters. The lowest BCUT2D eigenvalue weighted by Gasteiger charge is -2.21. The van der Waals surface area contributed by atoms with Crippen molar-refractivity contribution in [2.75, 3.05) is 0 Å². The van der Waals surface area contributed by atoms with E-state index in [4.69, 9.17) is 5.73 Å². The molecular weight excluding hydrogens is 368 g/mol. The van der Waals surface area contributed by atoms with Crippen LogP contribution in [0.15, 0.2) is 48.5 Å². The number of nitrogens with zero attached hydrogens (tertiary/aromatic N) is 1. The number of nitrogens with two attached hydrogens (primary N) is 1. The molecule has 1 amide bonds. The van der Waals surface area contributed by atoms with E-state index in [-0.39, 0.29) is 11.9 Å². The van der Waals surface area contributed by atoms with E-state index in [1.807, 2.05) is 0 Å². The van der Waals surface area contributed by atoms with Crippen LogP contribution in [0.5, 0.6) is 0 Å². The molecule has 0 saturated heterocycles. The van der Waals surface area contributed by atoms with Crippen molar-refractivity contribution in [3.05, 3.63) is 82.2 Å². The number of fused-ring (bicyclic) bond motifs is 1. The predicted molar refractivity (Wildman–Crippen MR) is 124 cm³/mol. The van der Waals surface area contributed by atoms with Crippen LogP contribution in [0.25, 0.3) is 11.1 Å². The minimum absolute atomic E-state index is 0.273. The molecule has 0 aliphatic heterocycles. The zero-order valence-electron chi connectivity index (χ0n) is 18.4. The third-order valence-corrected chi connectivity index (χ3v) is 6.57. The summed E-state index contributed by atoms with van der Waals surface area (Å²) in [4.78, 5) is 12.6. The first-order valence-electron chi connectivity index (χ1n) is 11.2. The van der Waals surface area contributed by atoms with Gasteiger partial charge in [-0.1, -0.05) is 73.9 Å². The van der Waals surface area contributed by atoms with Gasteiger partial charge >= 0.3 is 0 Å². The second kappa shape index (κ2) is 8.51. The molecule has 1 aliphatic rings. The summed E-state index contributed by atoms with van der Waals surface area (Å²) in [5.41, 5.74) is 15.1. The number of benzene rings is 2. The van der Waals surface area contributed by atoms with Crippen molar-refractivity contribution in [1.82, 2.24) is 4.57 Å². The average Bonchev–Trinajstić information content (AvgIpc) is 3.27. The first-order valence-corrected chi connectivity index (χ1v) is 11.2. The fourth-order valence-corrected chi connectivity index (χ4v) is 5.11. The minimum Gasteiger partial charge on any atom is -0.366 e. The van der Waals surface area contributed by atoms with E-state index in [0.717, 1.165) is 42.5 Å². The molecule has 30 heavy (non-hydrogen) atoms. The highest BCUT2D eigenvalue weighted by atomic mass is 16.1. The Balaban J connectivity index is 1.94. The molecule has 3 heteroatoms. The summed E-state index contributed by atoms with van der Waals surface area (Å²) < 4.78 is 2.44. The molecule has 3 nitrogen and oxygen atoms in total. The number of aryl methyl sites for hydroxylation is 2. The van der Waals surface area contributed by atoms with Gasteiger partial charge in [-0.2, -0.15) is 0 Å². The SMILES string of the molecule is CCCCCc1c(-c2ccc(C)cc2)c(C(N)=O)c(C)n1C1CCc2ccccc21. The van der Waals surface area contributed by atoms with Gasteiger partial charge < -0.3 is 10.3 Å². The Hall–Kier alpha value is -2.81. The highest BCUT2D eigenvalue weighted by Gasteiger charge is 2.31. The molecule has 1 aliphatic carbocycles. The number of hydrogen-bond donors (Lipinski definition) is 1. The largest absolute Gasteiger partial charge is 0.366 e. The van der Waals surface area contributed by atoms with Crippen LogP contribution in [0.4, 0.5) is 0 Å². The Morgan fingerprint density at radius 3 is 2.50 bits per heavy atom. The van der Waals surface area contributed by atoms with Crippen LogP contribution in [-0.2, 0) is 12.8 Å². The maximum atomic E-state index is 12.6. The summed E-state index contributed by atoms with van der Waals surface area (Å²) in [6.45, 7) is 6.39. The van der Waals surface area contributed by atoms with Gasteiger partial charge in [0.25, 0.3) is 5.91 Å². The molecule has 156 valence electrons. The maximum absolute atomic E-state index is 12.6. The fraction of sp³-hybridized carbons (Fsp3) is 0.370. The van der Waals surface area contributed by atoms with Crippen LogP contribution >= 0.6 is 0 Å². The van der Waals surface area contributed by atoms with Crippen molar-refractivity contribution in [3.8, 4) is 11.1 Å². The van der Waals surface area contributed by atoms with E-state index in [2.05, 4.69) is 73.9 Å². The van der Waals surface area contributed by atoms with Crippen LogP contribution in [0.1, 0.15) is 77.1 Å². The van der Waals surface area contributed by atoms with Crippen molar-refractivity contribution in [2.45, 2.75) is 65.3 Å². The first-order chi connectivity index (χ1) is 14.5. The molecule has 0 spiro atoms. The highest BCUT2D eigenvalue weighted by molar-refractivity contribution is 6.02. The zero-order valence-corrected chi connectivity index (χ0v) is 18.4. The summed E-state index contributed by atoms with van der Waals surface area (Å²) in [6, 6.07) is 17.5. The third-order valence-electron chi connectivity index (χ3n) is 6.57. The number of hydrogen-bond acceptors (Lipinski definition) is 1. The van der Waals surface area contributed by atoms with Crippen molar-refractivity contribution >= 4 is 5.91 Å². The summed E-state index contributed by atoms with van der Waals surface area (Å²) in [6.07, 6.45) is 6.59. The maximum Gasteiger partial charge on any atom is 0.251 e. The van der Waals surface area contributed by atoms with Crippen molar-refractivity contribution in [3.63, 3.8) is 0 Å². The summed E-state index contributed by atoms with van der Waals surface area (Å²) in [5, 5.41) is 0. The van der Waals surface area contributed by atoms with E-state index in [1.54, 1.807) is 0 Å². The minimum atomic E-state index is -0.329. The second-order valence-corrected chi connectivity index (χ2v) is 8.59. The number of unbranched alkanes of at least 4 members (excludes halogenated alkanes) is 2. The third kappa shape index (κ3) is 3.58. The molecule has 1 aromatic heterocycles.